The Morgan fingerprint density at radius 2 is 2.33 bits per heavy atom. The number of nitrogens with one attached hydrogen (secondary N) is 1. The van der Waals surface area contributed by atoms with E-state index < -0.39 is 0 Å². The summed E-state index contributed by atoms with van der Waals surface area (Å²) in [6.07, 6.45) is 3.32. The molecule has 1 unspecified atom stereocenters. The number of amides is 1. The third-order valence-corrected chi connectivity index (χ3v) is 3.79. The fraction of sp³-hybridized carbons (Fsp3) is 0.400. The maximum absolute atomic E-state index is 12.5. The molecule has 6 nitrogen and oxygen atoms in total. The van der Waals surface area contributed by atoms with Crippen LogP contribution in [0.1, 0.15) is 17.8 Å². The number of H-pyrrole nitrogens is 1. The van der Waals surface area contributed by atoms with E-state index in [-0.39, 0.29) is 12.0 Å². The van der Waals surface area contributed by atoms with Gasteiger partial charge < -0.3 is 9.64 Å². The van der Waals surface area contributed by atoms with Gasteiger partial charge in [0.05, 0.1) is 12.6 Å². The zero-order chi connectivity index (χ0) is 14.7. The smallest absolute Gasteiger partial charge is 0.227 e. The van der Waals surface area contributed by atoms with E-state index in [2.05, 4.69) is 21.2 Å². The number of aromatic amines is 1. The van der Waals surface area contributed by atoms with Crippen LogP contribution in [0, 0.1) is 0 Å². The third-order valence-electron chi connectivity index (χ3n) is 3.79. The van der Waals surface area contributed by atoms with E-state index >= 15 is 0 Å². The minimum absolute atomic E-state index is 0.0501. The monoisotopic (exact) mass is 286 g/mol. The van der Waals surface area contributed by atoms with E-state index in [0.717, 1.165) is 23.5 Å². The summed E-state index contributed by atoms with van der Waals surface area (Å²) >= 11 is 0. The Balaban J connectivity index is 1.75. The van der Waals surface area contributed by atoms with Gasteiger partial charge in [0.25, 0.3) is 0 Å². The van der Waals surface area contributed by atoms with Gasteiger partial charge >= 0.3 is 0 Å². The van der Waals surface area contributed by atoms with Crippen LogP contribution in [-0.2, 0) is 22.4 Å². The van der Waals surface area contributed by atoms with Gasteiger partial charge in [0, 0.05) is 32.1 Å². The highest BCUT2D eigenvalue weighted by Crippen LogP contribution is 2.28. The minimum Gasteiger partial charge on any atom is -0.379 e. The number of carbonyl (C=O) groups is 1. The molecular weight excluding hydrogens is 268 g/mol. The van der Waals surface area contributed by atoms with Crippen molar-refractivity contribution in [3.63, 3.8) is 0 Å². The highest BCUT2D eigenvalue weighted by atomic mass is 16.5. The zero-order valence-electron chi connectivity index (χ0n) is 12.0. The molecule has 1 atom stereocenters. The average Bonchev–Trinajstić information content (AvgIpc) is 3.05. The van der Waals surface area contributed by atoms with Crippen molar-refractivity contribution in [2.45, 2.75) is 25.4 Å². The molecule has 1 N–H and O–H groups in total. The summed E-state index contributed by atoms with van der Waals surface area (Å²) in [5.41, 5.74) is 2.15. The molecule has 3 rings (SSSR count). The van der Waals surface area contributed by atoms with Gasteiger partial charge in [0.1, 0.15) is 12.2 Å². The van der Waals surface area contributed by atoms with Crippen molar-refractivity contribution in [1.82, 2.24) is 15.2 Å². The van der Waals surface area contributed by atoms with Crippen LogP contribution in [0.3, 0.4) is 0 Å². The van der Waals surface area contributed by atoms with Crippen molar-refractivity contribution in [3.8, 4) is 0 Å². The summed E-state index contributed by atoms with van der Waals surface area (Å²) in [6, 6.07) is 8.00. The highest BCUT2D eigenvalue weighted by molar-refractivity contribution is 5.94. The Morgan fingerprint density at radius 3 is 3.10 bits per heavy atom. The van der Waals surface area contributed by atoms with Crippen molar-refractivity contribution in [2.75, 3.05) is 18.6 Å². The van der Waals surface area contributed by atoms with Crippen LogP contribution in [0.25, 0.3) is 0 Å². The zero-order valence-corrected chi connectivity index (χ0v) is 12.0. The molecule has 0 spiro atoms. The minimum atomic E-state index is 0.0501. The van der Waals surface area contributed by atoms with Crippen LogP contribution in [0.4, 0.5) is 5.69 Å². The Labute approximate surface area is 123 Å². The number of para-hydroxylation sites is 1. The van der Waals surface area contributed by atoms with Crippen molar-refractivity contribution >= 4 is 11.6 Å². The van der Waals surface area contributed by atoms with Gasteiger partial charge in [-0.2, -0.15) is 5.10 Å². The largest absolute Gasteiger partial charge is 0.379 e. The summed E-state index contributed by atoms with van der Waals surface area (Å²) < 4.78 is 5.46. The molecule has 1 aromatic heterocycles. The maximum Gasteiger partial charge on any atom is 0.227 e. The predicted octanol–water partition coefficient (Wildman–Crippen LogP) is 1.34. The third kappa shape index (κ3) is 2.95. The number of hydrogen-bond donors (Lipinski definition) is 1. The summed E-state index contributed by atoms with van der Waals surface area (Å²) in [7, 11) is 1.69. The molecule has 0 bridgehead atoms. The quantitative estimate of drug-likeness (QED) is 0.920. The number of aromatic nitrogens is 3. The first-order valence-corrected chi connectivity index (χ1v) is 7.03. The molecule has 110 valence electrons. The van der Waals surface area contributed by atoms with Crippen LogP contribution in [-0.4, -0.2) is 40.8 Å². The van der Waals surface area contributed by atoms with Crippen LogP contribution in [0.2, 0.25) is 0 Å². The molecule has 1 aliphatic heterocycles. The Morgan fingerprint density at radius 1 is 1.48 bits per heavy atom. The average molecular weight is 286 g/mol. The SMILES string of the molecule is COC1Cc2ccccc2N(C(=O)CCc2ncn[nH]2)C1. The molecule has 1 aliphatic rings. The van der Waals surface area contributed by atoms with E-state index in [0.29, 0.717) is 19.4 Å². The van der Waals surface area contributed by atoms with Gasteiger partial charge in [0.15, 0.2) is 0 Å². The number of anilines is 1. The van der Waals surface area contributed by atoms with Crippen LogP contribution >= 0.6 is 0 Å². The Hall–Kier alpha value is -2.21. The second kappa shape index (κ2) is 6.05. The van der Waals surface area contributed by atoms with Crippen molar-refractivity contribution in [1.29, 1.82) is 0 Å². The number of ether oxygens (including phenoxy) is 1. The Bertz CT molecular complexity index is 612. The van der Waals surface area contributed by atoms with Gasteiger partial charge in [-0.1, -0.05) is 18.2 Å². The van der Waals surface area contributed by atoms with Crippen LogP contribution in [0.5, 0.6) is 0 Å². The molecule has 0 fully saturated rings. The van der Waals surface area contributed by atoms with Gasteiger partial charge in [-0.15, -0.1) is 0 Å². The predicted molar refractivity (Wildman–Crippen MR) is 78.0 cm³/mol. The van der Waals surface area contributed by atoms with Crippen molar-refractivity contribution < 1.29 is 9.53 Å². The number of rotatable bonds is 4. The molecule has 1 aromatic carbocycles. The fourth-order valence-corrected chi connectivity index (χ4v) is 2.66. The van der Waals surface area contributed by atoms with E-state index in [1.807, 2.05) is 23.1 Å². The topological polar surface area (TPSA) is 71.1 Å². The fourth-order valence-electron chi connectivity index (χ4n) is 2.66. The van der Waals surface area contributed by atoms with E-state index in [1.165, 1.54) is 6.33 Å². The summed E-state index contributed by atoms with van der Waals surface area (Å²) in [4.78, 5) is 18.4. The van der Waals surface area contributed by atoms with Crippen molar-refractivity contribution in [3.05, 3.63) is 42.0 Å². The number of benzene rings is 1. The lowest BCUT2D eigenvalue weighted by atomic mass is 9.99. The first kappa shape index (κ1) is 13.8. The number of nitrogens with zero attached hydrogens (tertiary/aromatic N) is 3. The molecule has 0 radical (unpaired) electrons. The van der Waals surface area contributed by atoms with E-state index in [1.54, 1.807) is 7.11 Å². The normalized spacial score (nSPS) is 17.6. The number of methoxy groups -OCH3 is 1. The lowest BCUT2D eigenvalue weighted by Gasteiger charge is -2.34. The summed E-state index contributed by atoms with van der Waals surface area (Å²) in [6.45, 7) is 0.600. The molecule has 6 heteroatoms. The molecule has 0 saturated carbocycles. The highest BCUT2D eigenvalue weighted by Gasteiger charge is 2.27. The molecule has 1 amide bonds. The van der Waals surface area contributed by atoms with Crippen LogP contribution in [0.15, 0.2) is 30.6 Å². The number of carbonyl (C=O) groups excluding carboxylic acids is 1. The number of aryl methyl sites for hydroxylation is 1. The standard InChI is InChI=1S/C15H18N4O2/c1-21-12-8-11-4-2-3-5-13(11)19(9-12)15(20)7-6-14-16-10-17-18-14/h2-5,10,12H,6-9H2,1H3,(H,16,17,18). The van der Waals surface area contributed by atoms with E-state index in [9.17, 15) is 4.79 Å². The molecule has 2 heterocycles. The number of hydrogen-bond acceptors (Lipinski definition) is 4. The first-order chi connectivity index (χ1) is 10.3. The second-order valence-corrected chi connectivity index (χ2v) is 5.13. The van der Waals surface area contributed by atoms with Crippen LogP contribution < -0.4 is 4.90 Å². The lowest BCUT2D eigenvalue weighted by Crippen LogP contribution is -2.43. The molecule has 0 saturated heterocycles. The maximum atomic E-state index is 12.5. The van der Waals surface area contributed by atoms with Gasteiger partial charge in [0.2, 0.25) is 5.91 Å². The Kier molecular flexibility index (Phi) is 3.96. The number of fused-ring (bicyclic) bond motifs is 1. The van der Waals surface area contributed by atoms with Gasteiger partial charge in [-0.05, 0) is 11.6 Å². The van der Waals surface area contributed by atoms with Crippen molar-refractivity contribution in [2.24, 2.45) is 0 Å². The molecule has 2 aromatic rings. The van der Waals surface area contributed by atoms with Gasteiger partial charge in [-0.3, -0.25) is 9.89 Å². The molecule has 21 heavy (non-hydrogen) atoms. The summed E-state index contributed by atoms with van der Waals surface area (Å²) in [5, 5.41) is 6.57. The molecule has 0 aliphatic carbocycles. The second-order valence-electron chi connectivity index (χ2n) is 5.13. The van der Waals surface area contributed by atoms with Gasteiger partial charge in [-0.25, -0.2) is 4.98 Å². The molecular formula is C15H18N4O2. The summed E-state index contributed by atoms with van der Waals surface area (Å²) in [5.74, 6) is 0.817. The first-order valence-electron chi connectivity index (χ1n) is 7.03. The van der Waals surface area contributed by atoms with E-state index in [4.69, 9.17) is 4.74 Å². The lowest BCUT2D eigenvalue weighted by molar-refractivity contribution is -0.119.